The molecular formula is C15H22F3N. The number of nitrogens with one attached hydrogen (secondary N) is 1. The van der Waals surface area contributed by atoms with Gasteiger partial charge in [-0.15, -0.1) is 0 Å². The summed E-state index contributed by atoms with van der Waals surface area (Å²) in [5, 5.41) is 3.36. The Morgan fingerprint density at radius 2 is 1.53 bits per heavy atom. The van der Waals surface area contributed by atoms with Crippen molar-refractivity contribution in [2.45, 2.75) is 52.0 Å². The summed E-state index contributed by atoms with van der Waals surface area (Å²) in [6, 6.07) is 1.57. The average molecular weight is 273 g/mol. The number of hydrogen-bond acceptors (Lipinski definition) is 1. The van der Waals surface area contributed by atoms with E-state index in [4.69, 9.17) is 0 Å². The zero-order valence-electron chi connectivity index (χ0n) is 11.8. The largest absolute Gasteiger partial charge is 0.312 e. The molecule has 19 heavy (non-hydrogen) atoms. The first-order valence-corrected chi connectivity index (χ1v) is 6.68. The predicted octanol–water partition coefficient (Wildman–Crippen LogP) is 4.20. The van der Waals surface area contributed by atoms with E-state index in [0.29, 0.717) is 12.5 Å². The molecule has 1 aromatic rings. The van der Waals surface area contributed by atoms with Crippen LogP contribution in [0.1, 0.15) is 45.6 Å². The van der Waals surface area contributed by atoms with Gasteiger partial charge in [-0.2, -0.15) is 0 Å². The molecule has 4 heteroatoms. The molecule has 1 N–H and O–H groups in total. The second kappa shape index (κ2) is 6.94. The molecule has 0 heterocycles. The molecule has 1 nitrogen and oxygen atoms in total. The minimum absolute atomic E-state index is 0.103. The highest BCUT2D eigenvalue weighted by molar-refractivity contribution is 5.20. The highest BCUT2D eigenvalue weighted by Crippen LogP contribution is 2.16. The number of hydrogen-bond donors (Lipinski definition) is 1. The molecule has 1 aromatic carbocycles. The third-order valence-electron chi connectivity index (χ3n) is 2.87. The quantitative estimate of drug-likeness (QED) is 0.605. The van der Waals surface area contributed by atoms with Gasteiger partial charge in [0.25, 0.3) is 0 Å². The highest BCUT2D eigenvalue weighted by Gasteiger charge is 2.10. The van der Waals surface area contributed by atoms with E-state index in [2.05, 4.69) is 26.1 Å². The Hall–Kier alpha value is -1.03. The summed E-state index contributed by atoms with van der Waals surface area (Å²) < 4.78 is 39.0. The monoisotopic (exact) mass is 273 g/mol. The van der Waals surface area contributed by atoms with Gasteiger partial charge < -0.3 is 5.32 Å². The van der Waals surface area contributed by atoms with Gasteiger partial charge in [0.2, 0.25) is 0 Å². The number of benzene rings is 1. The number of halogens is 3. The van der Waals surface area contributed by atoms with E-state index in [0.717, 1.165) is 31.9 Å². The van der Waals surface area contributed by atoms with Crippen LogP contribution in [0, 0.1) is 17.5 Å². The van der Waals surface area contributed by atoms with Crippen molar-refractivity contribution in [2.24, 2.45) is 0 Å². The van der Waals surface area contributed by atoms with Gasteiger partial charge in [-0.25, -0.2) is 13.2 Å². The summed E-state index contributed by atoms with van der Waals surface area (Å²) in [6.07, 6.45) is 3.14. The molecule has 0 aliphatic rings. The lowest BCUT2D eigenvalue weighted by Gasteiger charge is -2.20. The van der Waals surface area contributed by atoms with E-state index >= 15 is 0 Å². The zero-order chi connectivity index (χ0) is 14.5. The van der Waals surface area contributed by atoms with Crippen LogP contribution in [-0.2, 0) is 6.42 Å². The molecule has 0 amide bonds. The van der Waals surface area contributed by atoms with Gasteiger partial charge in [-0.05, 0) is 58.2 Å². The average Bonchev–Trinajstić information content (AvgIpc) is 2.28. The van der Waals surface area contributed by atoms with Crippen molar-refractivity contribution in [3.63, 3.8) is 0 Å². The van der Waals surface area contributed by atoms with Crippen LogP contribution in [0.3, 0.4) is 0 Å². The topological polar surface area (TPSA) is 12.0 Å². The second-order valence-electron chi connectivity index (χ2n) is 5.85. The molecule has 0 atom stereocenters. The SMILES string of the molecule is CC(C)(C)NCCCCCc1cc(F)c(F)cc1F. The van der Waals surface area contributed by atoms with Crippen molar-refractivity contribution < 1.29 is 13.2 Å². The van der Waals surface area contributed by atoms with Crippen LogP contribution in [-0.4, -0.2) is 12.1 Å². The van der Waals surface area contributed by atoms with Gasteiger partial charge in [0.15, 0.2) is 11.6 Å². The second-order valence-corrected chi connectivity index (χ2v) is 5.85. The molecule has 0 bridgehead atoms. The smallest absolute Gasteiger partial charge is 0.161 e. The Morgan fingerprint density at radius 3 is 2.16 bits per heavy atom. The fourth-order valence-corrected chi connectivity index (χ4v) is 1.84. The third kappa shape index (κ3) is 6.10. The van der Waals surface area contributed by atoms with Crippen molar-refractivity contribution in [1.82, 2.24) is 5.32 Å². The molecule has 0 saturated heterocycles. The van der Waals surface area contributed by atoms with Crippen LogP contribution in [0.5, 0.6) is 0 Å². The van der Waals surface area contributed by atoms with Crippen LogP contribution in [0.15, 0.2) is 12.1 Å². The Labute approximate surface area is 113 Å². The minimum Gasteiger partial charge on any atom is -0.312 e. The molecule has 1 rings (SSSR count). The number of rotatable bonds is 6. The Bertz CT molecular complexity index is 411. The van der Waals surface area contributed by atoms with E-state index in [1.165, 1.54) is 0 Å². The third-order valence-corrected chi connectivity index (χ3v) is 2.87. The van der Waals surface area contributed by atoms with E-state index in [1.54, 1.807) is 0 Å². The van der Waals surface area contributed by atoms with Gasteiger partial charge in [-0.3, -0.25) is 0 Å². The van der Waals surface area contributed by atoms with Crippen molar-refractivity contribution >= 4 is 0 Å². The molecular weight excluding hydrogens is 251 g/mol. The molecule has 0 spiro atoms. The standard InChI is InChI=1S/C15H22F3N/c1-15(2,3)19-8-6-4-5-7-11-9-13(17)14(18)10-12(11)16/h9-10,19H,4-8H2,1-3H3. The molecule has 0 aliphatic carbocycles. The Morgan fingerprint density at radius 1 is 0.895 bits per heavy atom. The lowest BCUT2D eigenvalue weighted by Crippen LogP contribution is -2.36. The zero-order valence-corrected chi connectivity index (χ0v) is 11.8. The van der Waals surface area contributed by atoms with Crippen LogP contribution in [0.2, 0.25) is 0 Å². The summed E-state index contributed by atoms with van der Waals surface area (Å²) in [4.78, 5) is 0. The fourth-order valence-electron chi connectivity index (χ4n) is 1.84. The first kappa shape index (κ1) is 16.0. The molecule has 0 fully saturated rings. The molecule has 0 saturated carbocycles. The van der Waals surface area contributed by atoms with Crippen molar-refractivity contribution in [3.8, 4) is 0 Å². The molecule has 0 aromatic heterocycles. The van der Waals surface area contributed by atoms with Gasteiger partial charge >= 0.3 is 0 Å². The first-order valence-electron chi connectivity index (χ1n) is 6.68. The fraction of sp³-hybridized carbons (Fsp3) is 0.600. The maximum atomic E-state index is 13.3. The highest BCUT2D eigenvalue weighted by atomic mass is 19.2. The summed E-state index contributed by atoms with van der Waals surface area (Å²) in [5.41, 5.74) is 0.356. The number of unbranched alkanes of at least 4 members (excludes halogenated alkanes) is 2. The maximum absolute atomic E-state index is 13.3. The van der Waals surface area contributed by atoms with Gasteiger partial charge in [0.05, 0.1) is 0 Å². The van der Waals surface area contributed by atoms with Crippen molar-refractivity contribution in [1.29, 1.82) is 0 Å². The van der Waals surface area contributed by atoms with Crippen LogP contribution >= 0.6 is 0 Å². The maximum Gasteiger partial charge on any atom is 0.161 e. The van der Waals surface area contributed by atoms with Crippen LogP contribution in [0.25, 0.3) is 0 Å². The molecule has 0 unspecified atom stereocenters. The lowest BCUT2D eigenvalue weighted by molar-refractivity contribution is 0.416. The molecule has 0 aliphatic heterocycles. The number of aryl methyl sites for hydroxylation is 1. The lowest BCUT2D eigenvalue weighted by atomic mass is 10.1. The van der Waals surface area contributed by atoms with E-state index < -0.39 is 17.5 Å². The Balaban J connectivity index is 2.28. The van der Waals surface area contributed by atoms with Gasteiger partial charge in [0, 0.05) is 11.6 Å². The van der Waals surface area contributed by atoms with E-state index in [9.17, 15) is 13.2 Å². The summed E-state index contributed by atoms with van der Waals surface area (Å²) >= 11 is 0. The minimum atomic E-state index is -1.13. The van der Waals surface area contributed by atoms with Crippen molar-refractivity contribution in [2.75, 3.05) is 6.54 Å². The van der Waals surface area contributed by atoms with Crippen LogP contribution in [0.4, 0.5) is 13.2 Å². The van der Waals surface area contributed by atoms with Gasteiger partial charge in [-0.1, -0.05) is 6.42 Å². The van der Waals surface area contributed by atoms with Crippen LogP contribution < -0.4 is 5.32 Å². The predicted molar refractivity (Wildman–Crippen MR) is 71.6 cm³/mol. The summed E-state index contributed by atoms with van der Waals surface area (Å²) in [6.45, 7) is 7.21. The molecule has 0 radical (unpaired) electrons. The molecule has 108 valence electrons. The van der Waals surface area contributed by atoms with Crippen molar-refractivity contribution in [3.05, 3.63) is 35.1 Å². The summed E-state index contributed by atoms with van der Waals surface area (Å²) in [7, 11) is 0. The summed E-state index contributed by atoms with van der Waals surface area (Å²) in [5.74, 6) is -2.77. The first-order chi connectivity index (χ1) is 8.79. The Kier molecular flexibility index (Phi) is 5.85. The van der Waals surface area contributed by atoms with E-state index in [1.807, 2.05) is 0 Å². The van der Waals surface area contributed by atoms with E-state index in [-0.39, 0.29) is 11.1 Å². The normalized spacial score (nSPS) is 11.9. The van der Waals surface area contributed by atoms with Gasteiger partial charge in [0.1, 0.15) is 5.82 Å².